The Labute approximate surface area is 178 Å². The molecule has 4 nitrogen and oxygen atoms in total. The fourth-order valence-electron chi connectivity index (χ4n) is 3.54. The number of nitrogens with one attached hydrogen (secondary N) is 1. The second-order valence-corrected chi connectivity index (χ2v) is 9.40. The maximum absolute atomic E-state index is 13.3. The molecule has 0 heterocycles. The van der Waals surface area contributed by atoms with Crippen molar-refractivity contribution in [3.8, 4) is 0 Å². The lowest BCUT2D eigenvalue weighted by molar-refractivity contribution is 0.301. The zero-order chi connectivity index (χ0) is 20.9. The minimum Gasteiger partial charge on any atom is -0.311 e. The number of likely N-dealkylation sites (N-methyl/N-ethyl adjacent to an activating group) is 2. The molecule has 2 unspecified atom stereocenters. The molecule has 2 atom stereocenters. The fraction of sp³-hybridized carbons (Fsp3) is 0.217. The first-order valence-electron chi connectivity index (χ1n) is 9.39. The van der Waals surface area contributed by atoms with E-state index in [2.05, 4.69) is 5.32 Å². The lowest BCUT2D eigenvalue weighted by Crippen LogP contribution is -2.39. The van der Waals surface area contributed by atoms with Gasteiger partial charge in [-0.1, -0.05) is 84.4 Å². The van der Waals surface area contributed by atoms with E-state index in [9.17, 15) is 8.42 Å². The Morgan fingerprint density at radius 1 is 0.897 bits per heavy atom. The summed E-state index contributed by atoms with van der Waals surface area (Å²) in [5.41, 5.74) is 2.61. The number of hydrogen-bond donors (Lipinski definition) is 1. The van der Waals surface area contributed by atoms with Gasteiger partial charge in [0.1, 0.15) is 0 Å². The van der Waals surface area contributed by atoms with Crippen LogP contribution in [-0.2, 0) is 15.8 Å². The average Bonchev–Trinajstić information content (AvgIpc) is 2.72. The SMILES string of the molecule is CNC(c1ccccc1)C(c1ccccc1)N(C)S(=O)(=O)Cc1cccc(Cl)c1. The third-order valence-electron chi connectivity index (χ3n) is 5.00. The molecule has 0 saturated heterocycles. The maximum atomic E-state index is 13.3. The minimum absolute atomic E-state index is 0.112. The van der Waals surface area contributed by atoms with Gasteiger partial charge >= 0.3 is 0 Å². The Bertz CT molecular complexity index is 1030. The molecular formula is C23H25ClN2O2S. The van der Waals surface area contributed by atoms with E-state index in [1.165, 1.54) is 4.31 Å². The molecule has 0 aliphatic heterocycles. The van der Waals surface area contributed by atoms with Crippen LogP contribution in [-0.4, -0.2) is 26.8 Å². The predicted molar refractivity (Wildman–Crippen MR) is 119 cm³/mol. The number of sulfonamides is 1. The van der Waals surface area contributed by atoms with Crippen molar-refractivity contribution in [2.24, 2.45) is 0 Å². The Hall–Kier alpha value is -2.18. The quantitative estimate of drug-likeness (QED) is 0.560. The van der Waals surface area contributed by atoms with Crippen LogP contribution in [0.4, 0.5) is 0 Å². The van der Waals surface area contributed by atoms with Crippen molar-refractivity contribution in [3.63, 3.8) is 0 Å². The van der Waals surface area contributed by atoms with Gasteiger partial charge in [0.2, 0.25) is 10.0 Å². The van der Waals surface area contributed by atoms with Crippen molar-refractivity contribution in [1.82, 2.24) is 9.62 Å². The number of rotatable bonds is 8. The second-order valence-electron chi connectivity index (χ2n) is 6.93. The summed E-state index contributed by atoms with van der Waals surface area (Å²) >= 11 is 6.05. The summed E-state index contributed by atoms with van der Waals surface area (Å²) in [5, 5.41) is 3.84. The van der Waals surface area contributed by atoms with Crippen LogP contribution in [0, 0.1) is 0 Å². The van der Waals surface area contributed by atoms with Gasteiger partial charge in [0.25, 0.3) is 0 Å². The average molecular weight is 429 g/mol. The van der Waals surface area contributed by atoms with Gasteiger partial charge in [-0.15, -0.1) is 0 Å². The van der Waals surface area contributed by atoms with E-state index < -0.39 is 16.1 Å². The standard InChI is InChI=1S/C23H25ClN2O2S/c1-25-22(19-11-5-3-6-12-19)23(20-13-7-4-8-14-20)26(2)29(27,28)17-18-10-9-15-21(24)16-18/h3-16,22-23,25H,17H2,1-2H3. The Kier molecular flexibility index (Phi) is 7.09. The summed E-state index contributed by atoms with van der Waals surface area (Å²) in [4.78, 5) is 0. The van der Waals surface area contributed by atoms with Crippen molar-refractivity contribution in [2.75, 3.05) is 14.1 Å². The van der Waals surface area contributed by atoms with Gasteiger partial charge < -0.3 is 5.32 Å². The van der Waals surface area contributed by atoms with Crippen LogP contribution in [0.5, 0.6) is 0 Å². The third kappa shape index (κ3) is 5.25. The van der Waals surface area contributed by atoms with Crippen LogP contribution in [0.25, 0.3) is 0 Å². The lowest BCUT2D eigenvalue weighted by atomic mass is 9.93. The highest BCUT2D eigenvalue weighted by Gasteiger charge is 2.34. The molecule has 0 bridgehead atoms. The lowest BCUT2D eigenvalue weighted by Gasteiger charge is -2.34. The van der Waals surface area contributed by atoms with E-state index in [0.29, 0.717) is 10.6 Å². The van der Waals surface area contributed by atoms with Crippen molar-refractivity contribution in [1.29, 1.82) is 0 Å². The molecule has 0 fully saturated rings. The van der Waals surface area contributed by atoms with Gasteiger partial charge in [0.15, 0.2) is 0 Å². The first-order valence-corrected chi connectivity index (χ1v) is 11.4. The van der Waals surface area contributed by atoms with Crippen LogP contribution < -0.4 is 5.32 Å². The van der Waals surface area contributed by atoms with E-state index in [1.807, 2.05) is 67.7 Å². The molecule has 0 saturated carbocycles. The van der Waals surface area contributed by atoms with Crippen LogP contribution >= 0.6 is 11.6 Å². The van der Waals surface area contributed by atoms with Crippen LogP contribution in [0.15, 0.2) is 84.9 Å². The predicted octanol–water partition coefficient (Wildman–Crippen LogP) is 4.80. The molecule has 0 amide bonds. The van der Waals surface area contributed by atoms with Gasteiger partial charge in [0.05, 0.1) is 17.8 Å². The molecule has 0 aromatic heterocycles. The molecule has 29 heavy (non-hydrogen) atoms. The van der Waals surface area contributed by atoms with Gasteiger partial charge in [-0.2, -0.15) is 4.31 Å². The normalized spacial score (nSPS) is 13.9. The zero-order valence-electron chi connectivity index (χ0n) is 16.5. The van der Waals surface area contributed by atoms with Gasteiger partial charge in [0, 0.05) is 12.1 Å². The van der Waals surface area contributed by atoms with E-state index in [4.69, 9.17) is 11.6 Å². The van der Waals surface area contributed by atoms with Gasteiger partial charge in [-0.05, 0) is 35.9 Å². The smallest absolute Gasteiger partial charge is 0.218 e. The van der Waals surface area contributed by atoms with Crippen LogP contribution in [0.3, 0.4) is 0 Å². The first-order chi connectivity index (χ1) is 13.9. The highest BCUT2D eigenvalue weighted by atomic mass is 35.5. The van der Waals surface area contributed by atoms with Crippen molar-refractivity contribution in [2.45, 2.75) is 17.8 Å². The Balaban J connectivity index is 2.01. The monoisotopic (exact) mass is 428 g/mol. The molecule has 6 heteroatoms. The maximum Gasteiger partial charge on any atom is 0.218 e. The summed E-state index contributed by atoms with van der Waals surface area (Å²) in [6.45, 7) is 0. The molecule has 0 aliphatic carbocycles. The van der Waals surface area contributed by atoms with E-state index in [0.717, 1.165) is 11.1 Å². The summed E-state index contributed by atoms with van der Waals surface area (Å²) in [5.74, 6) is -0.112. The molecule has 152 valence electrons. The van der Waals surface area contributed by atoms with Crippen LogP contribution in [0.2, 0.25) is 5.02 Å². The summed E-state index contributed by atoms with van der Waals surface area (Å²) in [6, 6.07) is 26.0. The van der Waals surface area contributed by atoms with E-state index >= 15 is 0 Å². The number of halogens is 1. The molecule has 0 aliphatic rings. The topological polar surface area (TPSA) is 49.4 Å². The molecule has 3 aromatic carbocycles. The largest absolute Gasteiger partial charge is 0.311 e. The van der Waals surface area contributed by atoms with Crippen LogP contribution in [0.1, 0.15) is 28.8 Å². The fourth-order valence-corrected chi connectivity index (χ4v) is 5.15. The Morgan fingerprint density at radius 3 is 2.03 bits per heavy atom. The highest BCUT2D eigenvalue weighted by Crippen LogP contribution is 2.35. The van der Waals surface area contributed by atoms with Crippen molar-refractivity contribution >= 4 is 21.6 Å². The minimum atomic E-state index is -3.61. The molecule has 0 radical (unpaired) electrons. The Morgan fingerprint density at radius 2 is 1.48 bits per heavy atom. The molecule has 3 rings (SSSR count). The number of hydrogen-bond acceptors (Lipinski definition) is 3. The third-order valence-corrected chi connectivity index (χ3v) is 7.03. The summed E-state index contributed by atoms with van der Waals surface area (Å²) in [6.07, 6.45) is 0. The molecule has 3 aromatic rings. The van der Waals surface area contributed by atoms with Crippen molar-refractivity contribution in [3.05, 3.63) is 107 Å². The second kappa shape index (κ2) is 9.55. The highest BCUT2D eigenvalue weighted by molar-refractivity contribution is 7.88. The summed E-state index contributed by atoms with van der Waals surface area (Å²) in [7, 11) is -0.110. The van der Waals surface area contributed by atoms with Gasteiger partial charge in [-0.3, -0.25) is 0 Å². The summed E-state index contributed by atoms with van der Waals surface area (Å²) < 4.78 is 28.1. The van der Waals surface area contributed by atoms with E-state index in [-0.39, 0.29) is 11.8 Å². The van der Waals surface area contributed by atoms with E-state index in [1.54, 1.807) is 31.3 Å². The van der Waals surface area contributed by atoms with Gasteiger partial charge in [-0.25, -0.2) is 8.42 Å². The number of benzene rings is 3. The number of nitrogens with zero attached hydrogens (tertiary/aromatic N) is 1. The molecule has 1 N–H and O–H groups in total. The first kappa shape index (κ1) is 21.5. The zero-order valence-corrected chi connectivity index (χ0v) is 18.1. The molecule has 0 spiro atoms. The van der Waals surface area contributed by atoms with Crippen molar-refractivity contribution < 1.29 is 8.42 Å². The molecular weight excluding hydrogens is 404 g/mol.